The minimum Gasteiger partial charge on any atom is -0.457 e. The lowest BCUT2D eigenvalue weighted by Gasteiger charge is -2.12. The maximum atomic E-state index is 12.0. The maximum absolute atomic E-state index is 12.0. The summed E-state index contributed by atoms with van der Waals surface area (Å²) >= 11 is 0. The molecule has 1 atom stereocenters. The molecule has 2 rings (SSSR count). The van der Waals surface area contributed by atoms with E-state index in [9.17, 15) is 18.0 Å². The number of ether oxygens (including phenoxy) is 1. The van der Waals surface area contributed by atoms with Gasteiger partial charge in [-0.1, -0.05) is 18.2 Å². The number of carbonyl (C=O) groups excluding carboxylic acids is 1. The number of esters is 1. The number of benzene rings is 1. The Morgan fingerprint density at radius 2 is 2.05 bits per heavy atom. The number of aromatic amines is 1. The fraction of sp³-hybridized carbons (Fsp3) is 0.308. The van der Waals surface area contributed by atoms with Crippen molar-refractivity contribution in [3.05, 3.63) is 36.0 Å². The summed E-state index contributed by atoms with van der Waals surface area (Å²) in [7, 11) is 0. The van der Waals surface area contributed by atoms with Gasteiger partial charge in [0.25, 0.3) is 0 Å². The van der Waals surface area contributed by atoms with Crippen molar-refractivity contribution in [3.8, 4) is 0 Å². The minimum absolute atomic E-state index is 0.315. The molecule has 1 aromatic carbocycles. The third-order valence-electron chi connectivity index (χ3n) is 2.82. The normalized spacial score (nSPS) is 13.4. The standard InChI is InChI=1S/C13H13F3N2O2/c14-13(15,16)12(19)20-7-9(17)5-8-6-18-11-4-2-1-3-10(8)11/h1-4,6,9,18H,5,7,17H2/t9-/m0/s1. The van der Waals surface area contributed by atoms with Crippen LogP contribution >= 0.6 is 0 Å². The summed E-state index contributed by atoms with van der Waals surface area (Å²) in [6.07, 6.45) is -2.92. The van der Waals surface area contributed by atoms with E-state index in [4.69, 9.17) is 5.73 Å². The Bertz CT molecular complexity index is 607. The molecule has 0 aliphatic carbocycles. The summed E-state index contributed by atoms with van der Waals surface area (Å²) in [6.45, 7) is -0.474. The van der Waals surface area contributed by atoms with Gasteiger partial charge in [0, 0.05) is 23.1 Å². The largest absolute Gasteiger partial charge is 0.490 e. The SMILES string of the molecule is N[C@H](COC(=O)C(F)(F)F)Cc1c[nH]c2ccccc12. The number of fused-ring (bicyclic) bond motifs is 1. The average Bonchev–Trinajstić information content (AvgIpc) is 2.78. The first-order chi connectivity index (χ1) is 9.38. The highest BCUT2D eigenvalue weighted by atomic mass is 19.4. The van der Waals surface area contributed by atoms with Gasteiger partial charge in [-0.15, -0.1) is 0 Å². The van der Waals surface area contributed by atoms with Gasteiger partial charge >= 0.3 is 12.1 Å². The van der Waals surface area contributed by atoms with Gasteiger partial charge in [0.2, 0.25) is 0 Å². The smallest absolute Gasteiger partial charge is 0.457 e. The monoisotopic (exact) mass is 286 g/mol. The second-order valence-electron chi connectivity index (χ2n) is 4.42. The molecule has 4 nitrogen and oxygen atoms in total. The molecule has 0 aliphatic heterocycles. The second kappa shape index (κ2) is 5.54. The van der Waals surface area contributed by atoms with Crippen LogP contribution in [0.15, 0.2) is 30.5 Å². The minimum atomic E-state index is -4.99. The van der Waals surface area contributed by atoms with Crippen LogP contribution in [-0.2, 0) is 16.0 Å². The predicted molar refractivity (Wildman–Crippen MR) is 67.0 cm³/mol. The van der Waals surface area contributed by atoms with Gasteiger partial charge in [0.1, 0.15) is 6.61 Å². The Morgan fingerprint density at radius 1 is 1.35 bits per heavy atom. The van der Waals surface area contributed by atoms with E-state index in [1.807, 2.05) is 24.3 Å². The highest BCUT2D eigenvalue weighted by Gasteiger charge is 2.41. The number of hydrogen-bond acceptors (Lipinski definition) is 3. The quantitative estimate of drug-likeness (QED) is 0.846. The number of halogens is 3. The van der Waals surface area contributed by atoms with E-state index in [1.54, 1.807) is 6.20 Å². The summed E-state index contributed by atoms with van der Waals surface area (Å²) in [5, 5.41) is 0.949. The molecule has 2 aromatic rings. The molecule has 3 N–H and O–H groups in total. The third-order valence-corrected chi connectivity index (χ3v) is 2.82. The molecule has 0 amide bonds. The Hall–Kier alpha value is -2.02. The summed E-state index contributed by atoms with van der Waals surface area (Å²) in [5.74, 6) is -2.22. The zero-order valence-electron chi connectivity index (χ0n) is 10.4. The number of nitrogens with two attached hydrogens (primary N) is 1. The number of H-pyrrole nitrogens is 1. The van der Waals surface area contributed by atoms with Crippen LogP contribution in [0.4, 0.5) is 13.2 Å². The molecule has 0 fully saturated rings. The molecule has 0 radical (unpaired) electrons. The molecule has 0 saturated heterocycles. The molecule has 0 unspecified atom stereocenters. The van der Waals surface area contributed by atoms with Crippen molar-refractivity contribution in [1.29, 1.82) is 0 Å². The van der Waals surface area contributed by atoms with Crippen molar-refractivity contribution in [3.63, 3.8) is 0 Å². The second-order valence-corrected chi connectivity index (χ2v) is 4.42. The lowest BCUT2D eigenvalue weighted by Crippen LogP contribution is -2.34. The Labute approximate surface area is 112 Å². The number of rotatable bonds is 4. The summed E-state index contributed by atoms with van der Waals surface area (Å²) in [4.78, 5) is 13.6. The van der Waals surface area contributed by atoms with E-state index < -0.39 is 24.8 Å². The van der Waals surface area contributed by atoms with Crippen LogP contribution in [0.5, 0.6) is 0 Å². The number of hydrogen-bond donors (Lipinski definition) is 2. The van der Waals surface area contributed by atoms with Crippen LogP contribution in [0.3, 0.4) is 0 Å². The zero-order valence-corrected chi connectivity index (χ0v) is 10.4. The highest BCUT2D eigenvalue weighted by Crippen LogP contribution is 2.19. The molecular formula is C13H13F3N2O2. The number of para-hydroxylation sites is 1. The molecule has 0 spiro atoms. The van der Waals surface area contributed by atoms with Gasteiger partial charge in [-0.05, 0) is 18.1 Å². The van der Waals surface area contributed by atoms with Crippen molar-refractivity contribution in [2.75, 3.05) is 6.61 Å². The molecule has 0 bridgehead atoms. The topological polar surface area (TPSA) is 68.1 Å². The Kier molecular flexibility index (Phi) is 3.99. The van der Waals surface area contributed by atoms with Crippen LogP contribution in [-0.4, -0.2) is 29.8 Å². The maximum Gasteiger partial charge on any atom is 0.490 e. The van der Waals surface area contributed by atoms with E-state index in [0.717, 1.165) is 16.5 Å². The van der Waals surface area contributed by atoms with E-state index in [1.165, 1.54) is 0 Å². The van der Waals surface area contributed by atoms with Crippen LogP contribution in [0, 0.1) is 0 Å². The molecule has 1 aromatic heterocycles. The van der Waals surface area contributed by atoms with Crippen LogP contribution in [0.25, 0.3) is 10.9 Å². The lowest BCUT2D eigenvalue weighted by molar-refractivity contribution is -0.200. The van der Waals surface area contributed by atoms with Crippen molar-refractivity contribution >= 4 is 16.9 Å². The van der Waals surface area contributed by atoms with Crippen LogP contribution in [0.1, 0.15) is 5.56 Å². The number of carbonyl (C=O) groups is 1. The molecule has 20 heavy (non-hydrogen) atoms. The van der Waals surface area contributed by atoms with Crippen LogP contribution < -0.4 is 5.73 Å². The van der Waals surface area contributed by atoms with Crippen molar-refractivity contribution in [2.24, 2.45) is 5.73 Å². The van der Waals surface area contributed by atoms with Crippen molar-refractivity contribution < 1.29 is 22.7 Å². The Morgan fingerprint density at radius 3 is 2.75 bits per heavy atom. The van der Waals surface area contributed by atoms with E-state index in [-0.39, 0.29) is 0 Å². The molecular weight excluding hydrogens is 273 g/mol. The van der Waals surface area contributed by atoms with Gasteiger partial charge in [-0.25, -0.2) is 4.79 Å². The highest BCUT2D eigenvalue weighted by molar-refractivity contribution is 5.83. The summed E-state index contributed by atoms with van der Waals surface area (Å²) < 4.78 is 40.0. The lowest BCUT2D eigenvalue weighted by atomic mass is 10.1. The fourth-order valence-corrected chi connectivity index (χ4v) is 1.91. The van der Waals surface area contributed by atoms with Gasteiger partial charge < -0.3 is 15.5 Å². The molecule has 108 valence electrons. The summed E-state index contributed by atoms with van der Waals surface area (Å²) in [5.41, 5.74) is 7.48. The van der Waals surface area contributed by atoms with Crippen LogP contribution in [0.2, 0.25) is 0 Å². The number of nitrogens with one attached hydrogen (secondary N) is 1. The average molecular weight is 286 g/mol. The van der Waals surface area contributed by atoms with Gasteiger partial charge in [-0.2, -0.15) is 13.2 Å². The molecule has 0 aliphatic rings. The van der Waals surface area contributed by atoms with Gasteiger partial charge in [0.15, 0.2) is 0 Å². The third kappa shape index (κ3) is 3.30. The number of alkyl halides is 3. The molecule has 1 heterocycles. The van der Waals surface area contributed by atoms with Gasteiger partial charge in [0.05, 0.1) is 0 Å². The van der Waals surface area contributed by atoms with E-state index in [0.29, 0.717) is 6.42 Å². The zero-order chi connectivity index (χ0) is 14.8. The van der Waals surface area contributed by atoms with Gasteiger partial charge in [-0.3, -0.25) is 0 Å². The Balaban J connectivity index is 1.95. The first kappa shape index (κ1) is 14.4. The molecule has 7 heteroatoms. The number of aromatic nitrogens is 1. The van der Waals surface area contributed by atoms with Crippen molar-refractivity contribution in [2.45, 2.75) is 18.6 Å². The van der Waals surface area contributed by atoms with Crippen molar-refractivity contribution in [1.82, 2.24) is 4.98 Å². The molecule has 0 saturated carbocycles. The van der Waals surface area contributed by atoms with E-state index >= 15 is 0 Å². The summed E-state index contributed by atoms with van der Waals surface area (Å²) in [6, 6.07) is 6.80. The van der Waals surface area contributed by atoms with E-state index in [2.05, 4.69) is 9.72 Å². The predicted octanol–water partition coefficient (Wildman–Crippen LogP) is 2.14. The first-order valence-electron chi connectivity index (χ1n) is 5.92. The fourth-order valence-electron chi connectivity index (χ4n) is 1.91. The first-order valence-corrected chi connectivity index (χ1v) is 5.92.